The topological polar surface area (TPSA) is 88.7 Å². The van der Waals surface area contributed by atoms with Crippen molar-refractivity contribution < 1.29 is 9.32 Å². The fourth-order valence-electron chi connectivity index (χ4n) is 1.93. The summed E-state index contributed by atoms with van der Waals surface area (Å²) in [6.45, 7) is 1.95. The maximum atomic E-state index is 12.0. The highest BCUT2D eigenvalue weighted by atomic mass is 16.5. The maximum absolute atomic E-state index is 12.0. The molecule has 0 saturated carbocycles. The van der Waals surface area contributed by atoms with Crippen LogP contribution in [0.15, 0.2) is 22.9 Å². The van der Waals surface area contributed by atoms with Gasteiger partial charge in [-0.2, -0.15) is 4.98 Å². The second-order valence-electron chi connectivity index (χ2n) is 4.33. The number of H-pyrrole nitrogens is 1. The van der Waals surface area contributed by atoms with Gasteiger partial charge in [-0.05, 0) is 19.1 Å². The molecule has 0 atom stereocenters. The number of aromatic nitrogens is 4. The van der Waals surface area contributed by atoms with Crippen molar-refractivity contribution in [2.45, 2.75) is 13.5 Å². The molecule has 3 aromatic rings. The Labute approximate surface area is 108 Å². The summed E-state index contributed by atoms with van der Waals surface area (Å²) >= 11 is 0. The van der Waals surface area contributed by atoms with Gasteiger partial charge in [-0.1, -0.05) is 5.16 Å². The van der Waals surface area contributed by atoms with E-state index in [1.165, 1.54) is 0 Å². The molecule has 7 nitrogen and oxygen atoms in total. The molecule has 3 rings (SSSR count). The number of amides is 1. The Kier molecular flexibility index (Phi) is 2.59. The van der Waals surface area contributed by atoms with Crippen LogP contribution in [-0.4, -0.2) is 25.6 Å². The molecule has 0 fully saturated rings. The van der Waals surface area contributed by atoms with Gasteiger partial charge in [0.15, 0.2) is 5.82 Å². The Morgan fingerprint density at radius 1 is 1.58 bits per heavy atom. The van der Waals surface area contributed by atoms with Crippen LogP contribution in [-0.2, 0) is 13.6 Å². The molecule has 7 heteroatoms. The zero-order valence-electron chi connectivity index (χ0n) is 10.6. The smallest absolute Gasteiger partial charge is 0.268 e. The van der Waals surface area contributed by atoms with Crippen molar-refractivity contribution >= 4 is 16.9 Å². The molecular weight excluding hydrogens is 246 g/mol. The van der Waals surface area contributed by atoms with Gasteiger partial charge in [0.2, 0.25) is 5.89 Å². The van der Waals surface area contributed by atoms with Crippen molar-refractivity contribution in [2.75, 3.05) is 0 Å². The van der Waals surface area contributed by atoms with Crippen LogP contribution in [0.4, 0.5) is 0 Å². The van der Waals surface area contributed by atoms with Crippen molar-refractivity contribution in [3.63, 3.8) is 0 Å². The molecule has 98 valence electrons. The molecule has 2 N–H and O–H groups in total. The average molecular weight is 259 g/mol. The van der Waals surface area contributed by atoms with E-state index < -0.39 is 0 Å². The minimum absolute atomic E-state index is 0.202. The van der Waals surface area contributed by atoms with Gasteiger partial charge in [-0.15, -0.1) is 0 Å². The van der Waals surface area contributed by atoms with Gasteiger partial charge in [0.05, 0.1) is 17.6 Å². The van der Waals surface area contributed by atoms with Crippen molar-refractivity contribution in [1.29, 1.82) is 0 Å². The first kappa shape index (κ1) is 11.5. The third-order valence-electron chi connectivity index (χ3n) is 2.89. The first-order valence-corrected chi connectivity index (χ1v) is 5.85. The van der Waals surface area contributed by atoms with E-state index in [0.717, 1.165) is 11.0 Å². The number of hydrogen-bond acceptors (Lipinski definition) is 4. The van der Waals surface area contributed by atoms with Crippen LogP contribution in [0.2, 0.25) is 0 Å². The maximum Gasteiger partial charge on any atom is 0.268 e. The largest absolute Gasteiger partial charge is 0.349 e. The van der Waals surface area contributed by atoms with Crippen LogP contribution in [0, 0.1) is 6.92 Å². The lowest BCUT2D eigenvalue weighted by Crippen LogP contribution is -2.23. The second-order valence-corrected chi connectivity index (χ2v) is 4.33. The molecule has 0 aliphatic rings. The molecule has 0 aliphatic carbocycles. The van der Waals surface area contributed by atoms with Crippen molar-refractivity contribution in [1.82, 2.24) is 25.0 Å². The Morgan fingerprint density at radius 2 is 2.42 bits per heavy atom. The van der Waals surface area contributed by atoms with Gasteiger partial charge in [0, 0.05) is 13.2 Å². The average Bonchev–Trinajstić information content (AvgIpc) is 3.05. The predicted octanol–water partition coefficient (Wildman–Crippen LogP) is 1.13. The van der Waals surface area contributed by atoms with Crippen molar-refractivity contribution in [3.8, 4) is 0 Å². The normalized spacial score (nSPS) is 11.1. The minimum atomic E-state index is -0.202. The number of aryl methyl sites for hydroxylation is 2. The lowest BCUT2D eigenvalue weighted by Gasteiger charge is -1.99. The molecule has 3 aromatic heterocycles. The van der Waals surface area contributed by atoms with Gasteiger partial charge in [-0.25, -0.2) is 0 Å². The molecule has 0 aliphatic heterocycles. The van der Waals surface area contributed by atoms with Crippen LogP contribution < -0.4 is 5.32 Å². The molecule has 0 aromatic carbocycles. The molecule has 0 bridgehead atoms. The highest BCUT2D eigenvalue weighted by Crippen LogP contribution is 2.15. The third-order valence-corrected chi connectivity index (χ3v) is 2.89. The van der Waals surface area contributed by atoms with Gasteiger partial charge >= 0.3 is 0 Å². The molecule has 19 heavy (non-hydrogen) atoms. The highest BCUT2D eigenvalue weighted by Gasteiger charge is 2.12. The molecule has 1 amide bonds. The summed E-state index contributed by atoms with van der Waals surface area (Å²) in [7, 11) is 1.93. The number of rotatable bonds is 3. The third kappa shape index (κ3) is 2.10. The van der Waals surface area contributed by atoms with E-state index in [4.69, 9.17) is 4.52 Å². The Morgan fingerprint density at radius 3 is 3.11 bits per heavy atom. The number of hydrogen-bond donors (Lipinski definition) is 2. The van der Waals surface area contributed by atoms with Gasteiger partial charge in [0.25, 0.3) is 5.91 Å². The summed E-state index contributed by atoms with van der Waals surface area (Å²) in [4.78, 5) is 19.0. The van der Waals surface area contributed by atoms with Crippen LogP contribution in [0.3, 0.4) is 0 Å². The highest BCUT2D eigenvalue weighted by molar-refractivity contribution is 5.97. The zero-order chi connectivity index (χ0) is 13.4. The summed E-state index contributed by atoms with van der Waals surface area (Å²) in [5.41, 5.74) is 2.43. The Balaban J connectivity index is 1.72. The Hall–Kier alpha value is -2.57. The van der Waals surface area contributed by atoms with Crippen LogP contribution in [0.5, 0.6) is 0 Å². The minimum Gasteiger partial charge on any atom is -0.349 e. The number of nitrogens with zero attached hydrogens (tertiary/aromatic N) is 3. The fourth-order valence-corrected chi connectivity index (χ4v) is 1.93. The van der Waals surface area contributed by atoms with E-state index in [2.05, 4.69) is 20.4 Å². The lowest BCUT2D eigenvalue weighted by molar-refractivity contribution is 0.0942. The second kappa shape index (κ2) is 4.27. The summed E-state index contributed by atoms with van der Waals surface area (Å²) in [6.07, 6.45) is 1.93. The lowest BCUT2D eigenvalue weighted by atomic mass is 10.4. The van der Waals surface area contributed by atoms with E-state index in [1.54, 1.807) is 6.92 Å². The number of fused-ring (bicyclic) bond motifs is 1. The standard InChI is InChI=1S/C12H13N5O2/c1-7-14-11(19-16-7)6-13-12(18)9-5-10-8(15-9)3-4-17(10)2/h3-5,15H,6H2,1-2H3,(H,13,18). The van der Waals surface area contributed by atoms with E-state index in [9.17, 15) is 4.79 Å². The molecule has 0 spiro atoms. The number of aromatic amines is 1. The van der Waals surface area contributed by atoms with E-state index in [-0.39, 0.29) is 12.5 Å². The quantitative estimate of drug-likeness (QED) is 0.737. The van der Waals surface area contributed by atoms with Crippen molar-refractivity contribution in [3.05, 3.63) is 35.7 Å². The predicted molar refractivity (Wildman–Crippen MR) is 67.5 cm³/mol. The summed E-state index contributed by atoms with van der Waals surface area (Å²) in [6, 6.07) is 3.73. The number of carbonyl (C=O) groups is 1. The van der Waals surface area contributed by atoms with Crippen LogP contribution in [0.25, 0.3) is 11.0 Å². The van der Waals surface area contributed by atoms with E-state index in [1.807, 2.05) is 29.9 Å². The van der Waals surface area contributed by atoms with Crippen LogP contribution >= 0.6 is 0 Å². The molecule has 0 saturated heterocycles. The summed E-state index contributed by atoms with van der Waals surface area (Å²) < 4.78 is 6.87. The van der Waals surface area contributed by atoms with E-state index >= 15 is 0 Å². The number of nitrogens with one attached hydrogen (secondary N) is 2. The number of carbonyl (C=O) groups excluding carboxylic acids is 1. The van der Waals surface area contributed by atoms with Gasteiger partial charge in [0.1, 0.15) is 5.69 Å². The SMILES string of the molecule is Cc1noc(CNC(=O)c2cc3c(ccn3C)[nH]2)n1. The fraction of sp³-hybridized carbons (Fsp3) is 0.250. The van der Waals surface area contributed by atoms with Gasteiger partial charge < -0.3 is 19.4 Å². The Bertz CT molecular complexity index is 736. The molecule has 0 unspecified atom stereocenters. The first-order chi connectivity index (χ1) is 9.13. The molecule has 3 heterocycles. The molecule has 0 radical (unpaired) electrons. The summed E-state index contributed by atoms with van der Waals surface area (Å²) in [5.74, 6) is 0.740. The van der Waals surface area contributed by atoms with Gasteiger partial charge in [-0.3, -0.25) is 4.79 Å². The monoisotopic (exact) mass is 259 g/mol. The zero-order valence-corrected chi connectivity index (χ0v) is 10.6. The first-order valence-electron chi connectivity index (χ1n) is 5.85. The van der Waals surface area contributed by atoms with E-state index in [0.29, 0.717) is 17.4 Å². The summed E-state index contributed by atoms with van der Waals surface area (Å²) in [5, 5.41) is 6.38. The van der Waals surface area contributed by atoms with Crippen LogP contribution in [0.1, 0.15) is 22.2 Å². The molecular formula is C12H13N5O2. The van der Waals surface area contributed by atoms with Crippen molar-refractivity contribution in [2.24, 2.45) is 7.05 Å².